The molecule has 14 heavy (non-hydrogen) atoms. The molecule has 0 saturated carbocycles. The van der Waals surface area contributed by atoms with Crippen molar-refractivity contribution in [2.24, 2.45) is 4.99 Å². The molecule has 0 amide bonds. The van der Waals surface area contributed by atoms with E-state index in [0.717, 1.165) is 30.4 Å². The predicted molar refractivity (Wildman–Crippen MR) is 60.7 cm³/mol. The molecule has 3 nitrogen and oxygen atoms in total. The Balaban J connectivity index is 1.73. The van der Waals surface area contributed by atoms with Crippen LogP contribution in [0.2, 0.25) is 0 Å². The number of aliphatic imine (C=N–C) groups is 1. The minimum Gasteiger partial charge on any atom is -0.365 e. The van der Waals surface area contributed by atoms with E-state index in [2.05, 4.69) is 21.4 Å². The van der Waals surface area contributed by atoms with Crippen molar-refractivity contribution >= 4 is 16.9 Å². The molecule has 1 aromatic rings. The number of rotatable bonds is 3. The Kier molecular flexibility index (Phi) is 3.40. The van der Waals surface area contributed by atoms with Gasteiger partial charge in [-0.3, -0.25) is 9.98 Å². The van der Waals surface area contributed by atoms with Gasteiger partial charge in [-0.2, -0.15) is 0 Å². The molecular weight excluding hydrogens is 194 g/mol. The number of nitrogens with one attached hydrogen (secondary N) is 1. The van der Waals surface area contributed by atoms with E-state index < -0.39 is 0 Å². The molecule has 0 saturated heterocycles. The van der Waals surface area contributed by atoms with Crippen LogP contribution in [0.25, 0.3) is 0 Å². The van der Waals surface area contributed by atoms with Crippen molar-refractivity contribution in [3.8, 4) is 0 Å². The number of hydrogen-bond acceptors (Lipinski definition) is 4. The summed E-state index contributed by atoms with van der Waals surface area (Å²) in [6.45, 7) is 1.90. The quantitative estimate of drug-likeness (QED) is 0.812. The lowest BCUT2D eigenvalue weighted by Crippen LogP contribution is -2.21. The zero-order chi connectivity index (χ0) is 9.64. The summed E-state index contributed by atoms with van der Waals surface area (Å²) in [6, 6.07) is 4.06. The van der Waals surface area contributed by atoms with Gasteiger partial charge in [0.15, 0.2) is 5.17 Å². The molecule has 1 aliphatic heterocycles. The summed E-state index contributed by atoms with van der Waals surface area (Å²) in [6.07, 6.45) is 4.71. The number of aromatic nitrogens is 1. The number of nitrogens with zero attached hydrogens (tertiary/aromatic N) is 2. The Bertz CT molecular complexity index is 310. The van der Waals surface area contributed by atoms with Crippen molar-refractivity contribution in [3.63, 3.8) is 0 Å². The van der Waals surface area contributed by atoms with Gasteiger partial charge in [0.2, 0.25) is 0 Å². The molecule has 0 atom stereocenters. The zero-order valence-electron chi connectivity index (χ0n) is 7.94. The maximum absolute atomic E-state index is 4.32. The Labute approximate surface area is 88.0 Å². The Morgan fingerprint density at radius 2 is 2.50 bits per heavy atom. The average Bonchev–Trinajstić information content (AvgIpc) is 2.72. The fourth-order valence-corrected chi connectivity index (χ4v) is 2.06. The van der Waals surface area contributed by atoms with E-state index >= 15 is 0 Å². The first kappa shape index (κ1) is 9.52. The first-order chi connectivity index (χ1) is 6.95. The molecule has 74 valence electrons. The van der Waals surface area contributed by atoms with Gasteiger partial charge >= 0.3 is 0 Å². The summed E-state index contributed by atoms with van der Waals surface area (Å²) in [5, 5.41) is 4.41. The minimum absolute atomic E-state index is 0.942. The fourth-order valence-electron chi connectivity index (χ4n) is 1.30. The molecule has 0 aromatic carbocycles. The highest BCUT2D eigenvalue weighted by atomic mass is 32.2. The van der Waals surface area contributed by atoms with Gasteiger partial charge in [-0.15, -0.1) is 0 Å². The van der Waals surface area contributed by atoms with Crippen LogP contribution in [0.3, 0.4) is 0 Å². The Hall–Kier alpha value is -1.03. The standard InChI is InChI=1S/C10H13N3S/c1-2-9(8-11-4-1)3-5-12-10-13-6-7-14-10/h1-2,4,8H,3,5-7H2,(H,12,13). The average molecular weight is 207 g/mol. The maximum Gasteiger partial charge on any atom is 0.156 e. The molecular formula is C10H13N3S. The van der Waals surface area contributed by atoms with Gasteiger partial charge in [0.25, 0.3) is 0 Å². The number of thioether (sulfide) groups is 1. The monoisotopic (exact) mass is 207 g/mol. The van der Waals surface area contributed by atoms with E-state index in [9.17, 15) is 0 Å². The van der Waals surface area contributed by atoms with E-state index in [1.165, 1.54) is 5.56 Å². The molecule has 2 rings (SSSR count). The highest BCUT2D eigenvalue weighted by Crippen LogP contribution is 2.08. The predicted octanol–water partition coefficient (Wildman–Crippen LogP) is 1.32. The first-order valence-corrected chi connectivity index (χ1v) is 5.74. The zero-order valence-corrected chi connectivity index (χ0v) is 8.76. The van der Waals surface area contributed by atoms with Crippen molar-refractivity contribution in [2.75, 3.05) is 18.8 Å². The topological polar surface area (TPSA) is 37.3 Å². The van der Waals surface area contributed by atoms with Crippen LogP contribution in [-0.2, 0) is 6.42 Å². The molecule has 1 N–H and O–H groups in total. The summed E-state index contributed by atoms with van der Waals surface area (Å²) in [4.78, 5) is 8.39. The van der Waals surface area contributed by atoms with Crippen LogP contribution in [0.4, 0.5) is 0 Å². The second kappa shape index (κ2) is 5.00. The second-order valence-electron chi connectivity index (χ2n) is 3.07. The van der Waals surface area contributed by atoms with Gasteiger partial charge < -0.3 is 5.32 Å². The van der Waals surface area contributed by atoms with Crippen LogP contribution >= 0.6 is 11.8 Å². The molecule has 1 aromatic heterocycles. The van der Waals surface area contributed by atoms with Crippen LogP contribution in [-0.4, -0.2) is 29.0 Å². The summed E-state index contributed by atoms with van der Waals surface area (Å²) in [7, 11) is 0. The smallest absolute Gasteiger partial charge is 0.156 e. The van der Waals surface area contributed by atoms with Crippen LogP contribution < -0.4 is 5.32 Å². The molecule has 0 radical (unpaired) electrons. The van der Waals surface area contributed by atoms with Crippen LogP contribution in [0.1, 0.15) is 5.56 Å². The summed E-state index contributed by atoms with van der Waals surface area (Å²) in [5.74, 6) is 1.12. The number of hydrogen-bond donors (Lipinski definition) is 1. The molecule has 4 heteroatoms. The van der Waals surface area contributed by atoms with Gasteiger partial charge in [0.05, 0.1) is 6.54 Å². The van der Waals surface area contributed by atoms with E-state index in [0.29, 0.717) is 0 Å². The van der Waals surface area contributed by atoms with Gasteiger partial charge in [0, 0.05) is 24.7 Å². The van der Waals surface area contributed by atoms with Crippen molar-refractivity contribution in [1.29, 1.82) is 0 Å². The molecule has 0 aliphatic carbocycles. The molecule has 0 spiro atoms. The maximum atomic E-state index is 4.32. The van der Waals surface area contributed by atoms with E-state index in [1.807, 2.05) is 12.3 Å². The number of pyridine rings is 1. The second-order valence-corrected chi connectivity index (χ2v) is 4.16. The van der Waals surface area contributed by atoms with Crippen molar-refractivity contribution in [3.05, 3.63) is 30.1 Å². The first-order valence-electron chi connectivity index (χ1n) is 4.75. The highest BCUT2D eigenvalue weighted by Gasteiger charge is 2.04. The lowest BCUT2D eigenvalue weighted by molar-refractivity contribution is 0.868. The van der Waals surface area contributed by atoms with Crippen LogP contribution in [0, 0.1) is 0 Å². The lowest BCUT2D eigenvalue weighted by Gasteiger charge is -2.04. The molecule has 0 unspecified atom stereocenters. The van der Waals surface area contributed by atoms with Crippen LogP contribution in [0.15, 0.2) is 29.5 Å². The molecule has 0 fully saturated rings. The normalized spacial score (nSPS) is 15.3. The SMILES string of the molecule is c1cncc(CCNC2=NCCS2)c1. The summed E-state index contributed by atoms with van der Waals surface area (Å²) >= 11 is 1.80. The minimum atomic E-state index is 0.942. The molecule has 2 heterocycles. The number of amidine groups is 1. The third-order valence-electron chi connectivity index (χ3n) is 2.00. The summed E-state index contributed by atoms with van der Waals surface area (Å²) in [5.41, 5.74) is 1.27. The largest absolute Gasteiger partial charge is 0.365 e. The van der Waals surface area contributed by atoms with Crippen molar-refractivity contribution < 1.29 is 0 Å². The van der Waals surface area contributed by atoms with Gasteiger partial charge in [-0.25, -0.2) is 0 Å². The van der Waals surface area contributed by atoms with Crippen molar-refractivity contribution in [2.45, 2.75) is 6.42 Å². The van der Waals surface area contributed by atoms with Crippen LogP contribution in [0.5, 0.6) is 0 Å². The fraction of sp³-hybridized carbons (Fsp3) is 0.400. The third kappa shape index (κ3) is 2.73. The highest BCUT2D eigenvalue weighted by molar-refractivity contribution is 8.14. The van der Waals surface area contributed by atoms with E-state index in [-0.39, 0.29) is 0 Å². The Morgan fingerprint density at radius 1 is 1.50 bits per heavy atom. The summed E-state index contributed by atoms with van der Waals surface area (Å²) < 4.78 is 0. The van der Waals surface area contributed by atoms with Gasteiger partial charge in [-0.05, 0) is 18.1 Å². The van der Waals surface area contributed by atoms with Gasteiger partial charge in [-0.1, -0.05) is 17.8 Å². The lowest BCUT2D eigenvalue weighted by atomic mass is 10.2. The van der Waals surface area contributed by atoms with E-state index in [4.69, 9.17) is 0 Å². The molecule has 0 bridgehead atoms. The molecule has 1 aliphatic rings. The Morgan fingerprint density at radius 3 is 3.21 bits per heavy atom. The van der Waals surface area contributed by atoms with E-state index in [1.54, 1.807) is 18.0 Å². The third-order valence-corrected chi connectivity index (χ3v) is 2.93. The van der Waals surface area contributed by atoms with Crippen molar-refractivity contribution in [1.82, 2.24) is 10.3 Å². The van der Waals surface area contributed by atoms with Gasteiger partial charge in [0.1, 0.15) is 0 Å².